The Labute approximate surface area is 182 Å². The molecule has 0 unspecified atom stereocenters. The van der Waals surface area contributed by atoms with Crippen molar-refractivity contribution >= 4 is 27.6 Å². The summed E-state index contributed by atoms with van der Waals surface area (Å²) in [4.78, 5) is 3.73. The number of fused-ring (bicyclic) bond motifs is 3. The Morgan fingerprint density at radius 1 is 0.806 bits per heavy atom. The van der Waals surface area contributed by atoms with Gasteiger partial charge in [0.25, 0.3) is 0 Å². The summed E-state index contributed by atoms with van der Waals surface area (Å²) in [5.41, 5.74) is 10.2. The quantitative estimate of drug-likeness (QED) is 0.225. The van der Waals surface area contributed by atoms with Crippen molar-refractivity contribution in [3.63, 3.8) is 0 Å². The van der Waals surface area contributed by atoms with E-state index in [1.165, 1.54) is 11.3 Å². The van der Waals surface area contributed by atoms with Crippen LogP contribution in [0.2, 0.25) is 0 Å². The molecular formula is C28H23N2O+. The fourth-order valence-corrected chi connectivity index (χ4v) is 4.37. The maximum absolute atomic E-state index is 7.61. The molecule has 3 nitrogen and oxygen atoms in total. The van der Waals surface area contributed by atoms with Gasteiger partial charge in [-0.15, -0.1) is 0 Å². The molecule has 0 N–H and O–H groups in total. The summed E-state index contributed by atoms with van der Waals surface area (Å²) in [6.45, 7) is 14.0. The van der Waals surface area contributed by atoms with Crippen LogP contribution in [0.1, 0.15) is 16.8 Å². The highest BCUT2D eigenvalue weighted by atomic mass is 16.3. The zero-order valence-corrected chi connectivity index (χ0v) is 18.2. The molecule has 0 atom stereocenters. The fraction of sp³-hybridized carbons (Fsp3) is 0.143. The SMILES string of the molecule is [C-]#[N+]c1cc(-c2ccccc2)c2oc3c(-c4ccc(C)c(C)[n+]4C)c(C)ccc3c2c1. The highest BCUT2D eigenvalue weighted by Crippen LogP contribution is 2.42. The predicted octanol–water partition coefficient (Wildman–Crippen LogP) is 7.22. The fourth-order valence-electron chi connectivity index (χ4n) is 4.37. The van der Waals surface area contributed by atoms with Crippen molar-refractivity contribution in [3.05, 3.63) is 95.0 Å². The normalized spacial score (nSPS) is 11.2. The molecule has 0 aliphatic carbocycles. The molecule has 0 spiro atoms. The van der Waals surface area contributed by atoms with Crippen LogP contribution in [0, 0.1) is 27.3 Å². The van der Waals surface area contributed by atoms with Crippen LogP contribution in [0.3, 0.4) is 0 Å². The molecule has 31 heavy (non-hydrogen) atoms. The standard InChI is InChI=1S/C28H23N2O/c1-17-12-14-25(30(5)19(17)3)26-18(2)11-13-22-24-16-21(29-4)15-23(27(24)31-28(22)26)20-9-7-6-8-10-20/h6-16H,1-3,5H3/q+1. The van der Waals surface area contributed by atoms with E-state index in [0.29, 0.717) is 5.69 Å². The third-order valence-electron chi connectivity index (χ3n) is 6.33. The third-order valence-corrected chi connectivity index (χ3v) is 6.33. The number of pyridine rings is 1. The van der Waals surface area contributed by atoms with Crippen LogP contribution in [-0.2, 0) is 7.05 Å². The van der Waals surface area contributed by atoms with Gasteiger partial charge in [-0.25, -0.2) is 4.85 Å². The number of hydrogen-bond acceptors (Lipinski definition) is 1. The molecule has 150 valence electrons. The first-order valence-electron chi connectivity index (χ1n) is 10.4. The van der Waals surface area contributed by atoms with E-state index in [9.17, 15) is 0 Å². The van der Waals surface area contributed by atoms with Gasteiger partial charge >= 0.3 is 0 Å². The van der Waals surface area contributed by atoms with Gasteiger partial charge < -0.3 is 4.42 Å². The van der Waals surface area contributed by atoms with Gasteiger partial charge in [0.15, 0.2) is 11.4 Å². The first-order valence-corrected chi connectivity index (χ1v) is 10.4. The van der Waals surface area contributed by atoms with Crippen molar-refractivity contribution in [2.24, 2.45) is 7.05 Å². The van der Waals surface area contributed by atoms with Gasteiger partial charge in [-0.1, -0.05) is 42.5 Å². The summed E-state index contributed by atoms with van der Waals surface area (Å²) < 4.78 is 8.84. The van der Waals surface area contributed by atoms with Crippen molar-refractivity contribution in [2.45, 2.75) is 20.8 Å². The highest BCUT2D eigenvalue weighted by Gasteiger charge is 2.23. The van der Waals surface area contributed by atoms with Crippen molar-refractivity contribution in [1.29, 1.82) is 0 Å². The van der Waals surface area contributed by atoms with Gasteiger partial charge in [-0.2, -0.15) is 4.57 Å². The molecule has 5 aromatic rings. The Bertz CT molecular complexity index is 1520. The number of benzene rings is 3. The summed E-state index contributed by atoms with van der Waals surface area (Å²) in [7, 11) is 2.10. The number of hydrogen-bond donors (Lipinski definition) is 0. The lowest BCUT2D eigenvalue weighted by molar-refractivity contribution is -0.667. The minimum atomic E-state index is 0.618. The average molecular weight is 404 g/mol. The van der Waals surface area contributed by atoms with E-state index in [0.717, 1.165) is 49.9 Å². The molecule has 2 heterocycles. The predicted molar refractivity (Wildman–Crippen MR) is 126 cm³/mol. The van der Waals surface area contributed by atoms with E-state index in [1.54, 1.807) is 0 Å². The summed E-state index contributed by atoms with van der Waals surface area (Å²) in [5, 5.41) is 2.02. The van der Waals surface area contributed by atoms with E-state index >= 15 is 0 Å². The molecule has 0 saturated carbocycles. The molecule has 0 bridgehead atoms. The topological polar surface area (TPSA) is 21.4 Å². The molecule has 0 saturated heterocycles. The average Bonchev–Trinajstić information content (AvgIpc) is 3.16. The Kier molecular flexibility index (Phi) is 4.38. The Hall–Kier alpha value is -3.90. The maximum atomic E-state index is 7.61. The van der Waals surface area contributed by atoms with Crippen LogP contribution < -0.4 is 4.57 Å². The summed E-state index contributed by atoms with van der Waals surface area (Å²) in [5.74, 6) is 0. The Morgan fingerprint density at radius 3 is 2.29 bits per heavy atom. The van der Waals surface area contributed by atoms with E-state index < -0.39 is 0 Å². The van der Waals surface area contributed by atoms with E-state index in [-0.39, 0.29) is 0 Å². The van der Waals surface area contributed by atoms with Crippen LogP contribution in [0.25, 0.3) is 49.2 Å². The number of aromatic nitrogens is 1. The van der Waals surface area contributed by atoms with Crippen LogP contribution in [-0.4, -0.2) is 0 Å². The second-order valence-electron chi connectivity index (χ2n) is 8.13. The minimum Gasteiger partial charge on any atom is -0.455 e. The maximum Gasteiger partial charge on any atom is 0.216 e. The zero-order chi connectivity index (χ0) is 21.7. The van der Waals surface area contributed by atoms with E-state index in [4.69, 9.17) is 11.0 Å². The largest absolute Gasteiger partial charge is 0.455 e. The molecule has 3 aromatic carbocycles. The molecule has 3 heteroatoms. The lowest BCUT2D eigenvalue weighted by Crippen LogP contribution is -2.35. The summed E-state index contributed by atoms with van der Waals surface area (Å²) in [6, 6.07) is 22.6. The molecule has 0 aliphatic heterocycles. The molecule has 0 fully saturated rings. The Balaban J connectivity index is 1.92. The van der Waals surface area contributed by atoms with Crippen LogP contribution in [0.15, 0.2) is 71.1 Å². The summed E-state index contributed by atoms with van der Waals surface area (Å²) >= 11 is 0. The van der Waals surface area contributed by atoms with Crippen molar-refractivity contribution in [2.75, 3.05) is 0 Å². The van der Waals surface area contributed by atoms with Gasteiger partial charge in [0.2, 0.25) is 5.69 Å². The highest BCUT2D eigenvalue weighted by molar-refractivity contribution is 6.14. The summed E-state index contributed by atoms with van der Waals surface area (Å²) in [6.07, 6.45) is 0. The van der Waals surface area contributed by atoms with Crippen LogP contribution >= 0.6 is 0 Å². The molecule has 0 amide bonds. The monoisotopic (exact) mass is 403 g/mol. The number of rotatable bonds is 2. The van der Waals surface area contributed by atoms with Crippen LogP contribution in [0.5, 0.6) is 0 Å². The molecular weight excluding hydrogens is 380 g/mol. The lowest BCUT2D eigenvalue weighted by atomic mass is 9.98. The molecule has 0 radical (unpaired) electrons. The molecule has 2 aromatic heterocycles. The van der Waals surface area contributed by atoms with E-state index in [2.05, 4.69) is 73.6 Å². The second kappa shape index (κ2) is 7.11. The van der Waals surface area contributed by atoms with Gasteiger partial charge in [0.05, 0.1) is 12.1 Å². The Morgan fingerprint density at radius 2 is 1.55 bits per heavy atom. The number of aryl methyl sites for hydroxylation is 2. The van der Waals surface area contributed by atoms with Crippen LogP contribution in [0.4, 0.5) is 5.69 Å². The number of furan rings is 1. The first-order chi connectivity index (χ1) is 15.0. The minimum absolute atomic E-state index is 0.618. The van der Waals surface area contributed by atoms with E-state index in [1.807, 2.05) is 30.3 Å². The van der Waals surface area contributed by atoms with Gasteiger partial charge in [-0.05, 0) is 43.2 Å². The lowest BCUT2D eigenvalue weighted by Gasteiger charge is -2.08. The van der Waals surface area contributed by atoms with Crippen molar-refractivity contribution < 1.29 is 8.98 Å². The number of nitrogens with zero attached hydrogens (tertiary/aromatic N) is 2. The third kappa shape index (κ3) is 2.92. The van der Waals surface area contributed by atoms with Crippen molar-refractivity contribution in [3.8, 4) is 22.4 Å². The van der Waals surface area contributed by atoms with Gasteiger partial charge in [0.1, 0.15) is 18.2 Å². The first kappa shape index (κ1) is 19.1. The smallest absolute Gasteiger partial charge is 0.216 e. The van der Waals surface area contributed by atoms with Gasteiger partial charge in [-0.3, -0.25) is 0 Å². The molecule has 5 rings (SSSR count). The van der Waals surface area contributed by atoms with Gasteiger partial charge in [0, 0.05) is 34.9 Å². The zero-order valence-electron chi connectivity index (χ0n) is 18.2. The second-order valence-corrected chi connectivity index (χ2v) is 8.13. The van der Waals surface area contributed by atoms with Crippen molar-refractivity contribution in [1.82, 2.24) is 0 Å². The molecule has 0 aliphatic rings.